The second-order valence-corrected chi connectivity index (χ2v) is 5.44. The maximum absolute atomic E-state index is 14.0. The molecule has 0 aliphatic heterocycles. The number of benzene rings is 2. The van der Waals surface area contributed by atoms with E-state index in [-0.39, 0.29) is 30.2 Å². The number of aliphatic hydroxyl groups is 1. The SMILES string of the molecule is NCC(CO)(Cc1c(F)cccc1Cl)c1cccc(F)c1. The third kappa shape index (κ3) is 3.23. The standard InChI is InChI=1S/C16H16ClF2NO/c17-14-5-2-6-15(19)13(14)8-16(9-20,10-21)11-3-1-4-12(18)7-11/h1-7,21H,8-10,20H2. The van der Waals surface area contributed by atoms with E-state index in [0.29, 0.717) is 5.56 Å². The van der Waals surface area contributed by atoms with Crippen LogP contribution in [-0.4, -0.2) is 18.3 Å². The zero-order valence-corrected chi connectivity index (χ0v) is 12.1. The van der Waals surface area contributed by atoms with E-state index >= 15 is 0 Å². The van der Waals surface area contributed by atoms with E-state index in [2.05, 4.69) is 0 Å². The molecule has 1 unspecified atom stereocenters. The quantitative estimate of drug-likeness (QED) is 0.891. The van der Waals surface area contributed by atoms with Crippen molar-refractivity contribution in [2.24, 2.45) is 5.73 Å². The van der Waals surface area contributed by atoms with Gasteiger partial charge in [-0.15, -0.1) is 0 Å². The molecule has 0 amide bonds. The molecule has 21 heavy (non-hydrogen) atoms. The van der Waals surface area contributed by atoms with Crippen molar-refractivity contribution in [3.05, 3.63) is 70.2 Å². The number of halogens is 3. The van der Waals surface area contributed by atoms with E-state index < -0.39 is 17.0 Å². The predicted molar refractivity (Wildman–Crippen MR) is 79.3 cm³/mol. The van der Waals surface area contributed by atoms with Gasteiger partial charge in [0.05, 0.1) is 6.61 Å². The maximum Gasteiger partial charge on any atom is 0.127 e. The normalized spacial score (nSPS) is 14.0. The molecular weight excluding hydrogens is 296 g/mol. The van der Waals surface area contributed by atoms with Crippen molar-refractivity contribution < 1.29 is 13.9 Å². The molecule has 0 aliphatic carbocycles. The zero-order chi connectivity index (χ0) is 15.5. The summed E-state index contributed by atoms with van der Waals surface area (Å²) in [6.45, 7) is -0.296. The first kappa shape index (κ1) is 15.9. The molecule has 0 bridgehead atoms. The fourth-order valence-corrected chi connectivity index (χ4v) is 2.59. The average molecular weight is 312 g/mol. The van der Waals surface area contributed by atoms with E-state index in [1.165, 1.54) is 30.3 Å². The van der Waals surface area contributed by atoms with Crippen LogP contribution in [-0.2, 0) is 11.8 Å². The molecule has 0 saturated carbocycles. The Morgan fingerprint density at radius 1 is 1.14 bits per heavy atom. The van der Waals surface area contributed by atoms with Gasteiger partial charge in [-0.25, -0.2) is 8.78 Å². The molecule has 0 fully saturated rings. The highest BCUT2D eigenvalue weighted by Crippen LogP contribution is 2.32. The summed E-state index contributed by atoms with van der Waals surface area (Å²) < 4.78 is 27.4. The second-order valence-electron chi connectivity index (χ2n) is 5.03. The lowest BCUT2D eigenvalue weighted by molar-refractivity contribution is 0.195. The Morgan fingerprint density at radius 3 is 2.43 bits per heavy atom. The van der Waals surface area contributed by atoms with Gasteiger partial charge in [0.1, 0.15) is 11.6 Å². The number of rotatable bonds is 5. The van der Waals surface area contributed by atoms with Gasteiger partial charge in [-0.2, -0.15) is 0 Å². The van der Waals surface area contributed by atoms with Crippen LogP contribution in [0.3, 0.4) is 0 Å². The molecule has 0 saturated heterocycles. The van der Waals surface area contributed by atoms with Crippen LogP contribution in [0, 0.1) is 11.6 Å². The molecule has 5 heteroatoms. The Balaban J connectivity index is 2.48. The summed E-state index contributed by atoms with van der Waals surface area (Å²) in [4.78, 5) is 0. The first-order valence-electron chi connectivity index (χ1n) is 6.52. The first-order valence-corrected chi connectivity index (χ1v) is 6.90. The maximum atomic E-state index is 14.0. The molecule has 2 aromatic rings. The third-order valence-corrected chi connectivity index (χ3v) is 4.06. The molecule has 2 nitrogen and oxygen atoms in total. The fraction of sp³-hybridized carbons (Fsp3) is 0.250. The predicted octanol–water partition coefficient (Wildman–Crippen LogP) is 3.05. The third-order valence-electron chi connectivity index (χ3n) is 3.71. The second kappa shape index (κ2) is 6.52. The van der Waals surface area contributed by atoms with Gasteiger partial charge in [0.2, 0.25) is 0 Å². The topological polar surface area (TPSA) is 46.2 Å². The summed E-state index contributed by atoms with van der Waals surface area (Å²) in [6, 6.07) is 10.2. The van der Waals surface area contributed by atoms with Crippen LogP contribution < -0.4 is 5.73 Å². The van der Waals surface area contributed by atoms with E-state index in [9.17, 15) is 13.9 Å². The molecule has 2 rings (SSSR count). The van der Waals surface area contributed by atoms with Gasteiger partial charge in [-0.05, 0) is 36.2 Å². The van der Waals surface area contributed by atoms with Crippen molar-refractivity contribution in [2.45, 2.75) is 11.8 Å². The zero-order valence-electron chi connectivity index (χ0n) is 11.3. The summed E-state index contributed by atoms with van der Waals surface area (Å²) in [5.74, 6) is -0.899. The van der Waals surface area contributed by atoms with Crippen molar-refractivity contribution >= 4 is 11.6 Å². The Bertz CT molecular complexity index is 609. The van der Waals surface area contributed by atoms with Crippen molar-refractivity contribution in [1.29, 1.82) is 0 Å². The molecule has 0 aliphatic rings. The average Bonchev–Trinajstić information content (AvgIpc) is 2.48. The lowest BCUT2D eigenvalue weighted by Crippen LogP contribution is -2.41. The minimum atomic E-state index is -0.978. The largest absolute Gasteiger partial charge is 0.395 e. The van der Waals surface area contributed by atoms with Gasteiger partial charge in [0.15, 0.2) is 0 Å². The summed E-state index contributed by atoms with van der Waals surface area (Å²) >= 11 is 6.03. The molecule has 3 N–H and O–H groups in total. The molecule has 0 spiro atoms. The smallest absolute Gasteiger partial charge is 0.127 e. The Kier molecular flexibility index (Phi) is 4.93. The summed E-state index contributed by atoms with van der Waals surface area (Å²) in [7, 11) is 0. The highest BCUT2D eigenvalue weighted by Gasteiger charge is 2.32. The van der Waals surface area contributed by atoms with Gasteiger partial charge >= 0.3 is 0 Å². The molecule has 0 radical (unpaired) electrons. The fourth-order valence-electron chi connectivity index (χ4n) is 2.36. The number of nitrogens with two attached hydrogens (primary N) is 1. The van der Waals surface area contributed by atoms with Gasteiger partial charge in [-0.3, -0.25) is 0 Å². The number of aliphatic hydroxyl groups excluding tert-OH is 1. The molecule has 1 atom stereocenters. The van der Waals surface area contributed by atoms with E-state index in [4.69, 9.17) is 17.3 Å². The Labute approximate surface area is 127 Å². The van der Waals surface area contributed by atoms with Crippen molar-refractivity contribution in [3.8, 4) is 0 Å². The van der Waals surface area contributed by atoms with Crippen LogP contribution in [0.2, 0.25) is 5.02 Å². The molecule has 112 valence electrons. The lowest BCUT2D eigenvalue weighted by atomic mass is 9.76. The van der Waals surface area contributed by atoms with Crippen LogP contribution >= 0.6 is 11.6 Å². The van der Waals surface area contributed by atoms with Crippen molar-refractivity contribution in [1.82, 2.24) is 0 Å². The minimum absolute atomic E-state index is 0.0393. The Morgan fingerprint density at radius 2 is 1.86 bits per heavy atom. The first-order chi connectivity index (χ1) is 10.0. The highest BCUT2D eigenvalue weighted by atomic mass is 35.5. The molecule has 0 aromatic heterocycles. The van der Waals surface area contributed by atoms with Crippen LogP contribution in [0.4, 0.5) is 8.78 Å². The van der Waals surface area contributed by atoms with E-state index in [0.717, 1.165) is 0 Å². The van der Waals surface area contributed by atoms with Crippen LogP contribution in [0.25, 0.3) is 0 Å². The summed E-state index contributed by atoms with van der Waals surface area (Å²) in [5.41, 5.74) is 5.61. The lowest BCUT2D eigenvalue weighted by Gasteiger charge is -2.31. The Hall–Kier alpha value is -1.49. The van der Waals surface area contributed by atoms with Crippen molar-refractivity contribution in [3.63, 3.8) is 0 Å². The minimum Gasteiger partial charge on any atom is -0.395 e. The monoisotopic (exact) mass is 311 g/mol. The van der Waals surface area contributed by atoms with Crippen LogP contribution in [0.1, 0.15) is 11.1 Å². The van der Waals surface area contributed by atoms with Gasteiger partial charge in [0.25, 0.3) is 0 Å². The summed E-state index contributed by atoms with van der Waals surface area (Å²) in [5, 5.41) is 10.1. The van der Waals surface area contributed by atoms with Crippen LogP contribution in [0.15, 0.2) is 42.5 Å². The highest BCUT2D eigenvalue weighted by molar-refractivity contribution is 6.31. The molecule has 0 heterocycles. The van der Waals surface area contributed by atoms with E-state index in [1.807, 2.05) is 0 Å². The number of hydrogen-bond donors (Lipinski definition) is 2. The van der Waals surface area contributed by atoms with Crippen molar-refractivity contribution in [2.75, 3.05) is 13.2 Å². The van der Waals surface area contributed by atoms with Gasteiger partial charge in [0, 0.05) is 22.5 Å². The molecular formula is C16H16ClF2NO. The summed E-state index contributed by atoms with van der Waals surface area (Å²) in [6.07, 6.45) is 0.0922. The van der Waals surface area contributed by atoms with Gasteiger partial charge < -0.3 is 10.8 Å². The van der Waals surface area contributed by atoms with Crippen LogP contribution in [0.5, 0.6) is 0 Å². The molecule has 2 aromatic carbocycles. The van der Waals surface area contributed by atoms with Gasteiger partial charge in [-0.1, -0.05) is 29.8 Å². The number of hydrogen-bond acceptors (Lipinski definition) is 2. The van der Waals surface area contributed by atoms with E-state index in [1.54, 1.807) is 12.1 Å².